The van der Waals surface area contributed by atoms with Crippen molar-refractivity contribution >= 4 is 17.6 Å². The van der Waals surface area contributed by atoms with Crippen LogP contribution in [0.4, 0.5) is 5.69 Å². The molecule has 1 spiro atoms. The number of piperidine rings is 2. The van der Waals surface area contributed by atoms with Gasteiger partial charge in [0, 0.05) is 36.8 Å². The summed E-state index contributed by atoms with van der Waals surface area (Å²) >= 11 is 0. The van der Waals surface area contributed by atoms with Crippen LogP contribution in [-0.4, -0.2) is 75.0 Å². The van der Waals surface area contributed by atoms with E-state index in [0.717, 1.165) is 30.8 Å². The van der Waals surface area contributed by atoms with Crippen LogP contribution >= 0.6 is 0 Å². The lowest BCUT2D eigenvalue weighted by Crippen LogP contribution is -2.74. The molecule has 7 rings (SSSR count). The van der Waals surface area contributed by atoms with Crippen LogP contribution in [0.5, 0.6) is 11.5 Å². The van der Waals surface area contributed by atoms with E-state index in [1.807, 2.05) is 11.0 Å². The molecule has 5 heterocycles. The van der Waals surface area contributed by atoms with E-state index < -0.39 is 0 Å². The third-order valence-corrected chi connectivity index (χ3v) is 9.09. The molecule has 0 radical (unpaired) electrons. The zero-order valence-corrected chi connectivity index (χ0v) is 19.1. The highest BCUT2D eigenvalue weighted by atomic mass is 16.5. The lowest BCUT2D eigenvalue weighted by atomic mass is 9.52. The molecule has 3 saturated heterocycles. The largest absolute Gasteiger partial charge is 0.493 e. The summed E-state index contributed by atoms with van der Waals surface area (Å²) in [4.78, 5) is 30.5. The van der Waals surface area contributed by atoms with Crippen LogP contribution in [0.3, 0.4) is 0 Å². The Kier molecular flexibility index (Phi) is 3.92. The average Bonchev–Trinajstić information content (AvgIpc) is 3.25. The van der Waals surface area contributed by atoms with Gasteiger partial charge in [0.25, 0.3) is 0 Å². The second kappa shape index (κ2) is 6.51. The Morgan fingerprint density at radius 3 is 2.73 bits per heavy atom. The molecular formula is C25H28N2O6. The number of nitrogens with zero attached hydrogens (tertiary/aromatic N) is 2. The second-order valence-corrected chi connectivity index (χ2v) is 10.2. The minimum Gasteiger partial charge on any atom is -0.493 e. The Bertz CT molecular complexity index is 1120. The summed E-state index contributed by atoms with van der Waals surface area (Å²) in [5.74, 6) is 1.25. The highest BCUT2D eigenvalue weighted by molar-refractivity contribution is 6.00. The number of rotatable bonds is 3. The van der Waals surface area contributed by atoms with Crippen molar-refractivity contribution in [3.8, 4) is 11.5 Å². The van der Waals surface area contributed by atoms with E-state index in [9.17, 15) is 9.59 Å². The number of anilines is 1. The van der Waals surface area contributed by atoms with Crippen LogP contribution in [0.25, 0.3) is 0 Å². The highest BCUT2D eigenvalue weighted by Gasteiger charge is 2.74. The zero-order valence-electron chi connectivity index (χ0n) is 19.1. The number of carbonyl (C=O) groups is 2. The minimum atomic E-state index is -0.344. The lowest BCUT2D eigenvalue weighted by Gasteiger charge is -2.61. The lowest BCUT2D eigenvalue weighted by molar-refractivity contribution is -0.172. The number of methoxy groups -OCH3 is 2. The molecule has 1 unspecified atom stereocenters. The number of amides is 1. The number of esters is 1. The number of ether oxygens (including phenoxy) is 4. The topological polar surface area (TPSA) is 77.5 Å². The third-order valence-electron chi connectivity index (χ3n) is 9.09. The normalized spacial score (nSPS) is 39.5. The van der Waals surface area contributed by atoms with Gasteiger partial charge in [-0.1, -0.05) is 11.6 Å². The summed E-state index contributed by atoms with van der Waals surface area (Å²) in [6.45, 7) is 3.77. The fourth-order valence-electron chi connectivity index (χ4n) is 8.25. The summed E-state index contributed by atoms with van der Waals surface area (Å²) in [5, 5.41) is 0. The number of hydrogen-bond acceptors (Lipinski definition) is 7. The van der Waals surface area contributed by atoms with Gasteiger partial charge in [0.05, 0.1) is 51.1 Å². The molecule has 2 bridgehead atoms. The predicted octanol–water partition coefficient (Wildman–Crippen LogP) is 1.65. The van der Waals surface area contributed by atoms with Gasteiger partial charge in [-0.3, -0.25) is 14.5 Å². The molecule has 7 atom stereocenters. The molecule has 0 aromatic heterocycles. The predicted molar refractivity (Wildman–Crippen MR) is 117 cm³/mol. The quantitative estimate of drug-likeness (QED) is 0.510. The van der Waals surface area contributed by atoms with Crippen LogP contribution in [0.2, 0.25) is 0 Å². The van der Waals surface area contributed by atoms with Gasteiger partial charge in [0.15, 0.2) is 11.5 Å². The highest BCUT2D eigenvalue weighted by Crippen LogP contribution is 2.67. The molecular weight excluding hydrogens is 424 g/mol. The van der Waals surface area contributed by atoms with Crippen LogP contribution < -0.4 is 14.4 Å². The fourth-order valence-corrected chi connectivity index (χ4v) is 8.25. The van der Waals surface area contributed by atoms with E-state index in [1.54, 1.807) is 14.2 Å². The van der Waals surface area contributed by atoms with Crippen LogP contribution in [0.15, 0.2) is 23.8 Å². The molecule has 1 amide bonds. The Hall–Kier alpha value is -2.58. The van der Waals surface area contributed by atoms with E-state index in [-0.39, 0.29) is 53.4 Å². The summed E-state index contributed by atoms with van der Waals surface area (Å²) in [5.41, 5.74) is 2.97. The molecule has 8 heteroatoms. The van der Waals surface area contributed by atoms with Gasteiger partial charge >= 0.3 is 5.97 Å². The van der Waals surface area contributed by atoms with Crippen LogP contribution in [-0.2, 0) is 24.5 Å². The van der Waals surface area contributed by atoms with E-state index in [0.29, 0.717) is 24.5 Å². The maximum absolute atomic E-state index is 13.6. The summed E-state index contributed by atoms with van der Waals surface area (Å²) < 4.78 is 23.8. The molecule has 4 fully saturated rings. The molecule has 8 nitrogen and oxygen atoms in total. The molecule has 1 aromatic rings. The molecule has 1 saturated carbocycles. The molecule has 0 N–H and O–H groups in total. The minimum absolute atomic E-state index is 0.0105. The van der Waals surface area contributed by atoms with E-state index in [2.05, 4.69) is 17.0 Å². The van der Waals surface area contributed by atoms with E-state index >= 15 is 0 Å². The third kappa shape index (κ3) is 2.24. The first-order chi connectivity index (χ1) is 16.0. The summed E-state index contributed by atoms with van der Waals surface area (Å²) in [7, 11) is 3.26. The van der Waals surface area contributed by atoms with Crippen molar-refractivity contribution in [2.24, 2.45) is 11.8 Å². The van der Waals surface area contributed by atoms with Crippen molar-refractivity contribution in [1.82, 2.24) is 4.90 Å². The number of benzene rings is 1. The molecule has 6 aliphatic rings. The second-order valence-electron chi connectivity index (χ2n) is 10.2. The fraction of sp³-hybridized carbons (Fsp3) is 0.600. The van der Waals surface area contributed by atoms with Gasteiger partial charge in [-0.05, 0) is 24.6 Å². The van der Waals surface area contributed by atoms with Crippen molar-refractivity contribution < 1.29 is 28.5 Å². The molecule has 1 aromatic carbocycles. The van der Waals surface area contributed by atoms with Gasteiger partial charge in [-0.15, -0.1) is 0 Å². The first-order valence-electron chi connectivity index (χ1n) is 11.8. The standard InChI is InChI=1S/C25H28N2O6/c1-12(28)33-22-20-13-4-7-32-18-10-19(29)27-15-9-17(31-3)16(30-2)8-14(15)25(23(27)21(18)20)5-6-26(11-13)24(22)25/h4,8-9,18,20-24H,5-7,10-11H2,1-3H3/t18-,20-,21+,22?,23-,24-,25-/m0/s1. The van der Waals surface area contributed by atoms with E-state index in [4.69, 9.17) is 18.9 Å². The first kappa shape index (κ1) is 19.9. The Balaban J connectivity index is 1.53. The number of carbonyl (C=O) groups excluding carboxylic acids is 2. The van der Waals surface area contributed by atoms with Crippen molar-refractivity contribution in [3.05, 3.63) is 29.3 Å². The zero-order chi connectivity index (χ0) is 22.6. The average molecular weight is 453 g/mol. The molecule has 174 valence electrons. The smallest absolute Gasteiger partial charge is 0.302 e. The summed E-state index contributed by atoms with van der Waals surface area (Å²) in [6.07, 6.45) is 2.96. The number of fused-ring (bicyclic) bond motifs is 2. The van der Waals surface area contributed by atoms with Gasteiger partial charge in [0.1, 0.15) is 6.10 Å². The maximum Gasteiger partial charge on any atom is 0.302 e. The number of hydrogen-bond donors (Lipinski definition) is 0. The van der Waals surface area contributed by atoms with Gasteiger partial charge in [-0.2, -0.15) is 0 Å². The monoisotopic (exact) mass is 452 g/mol. The van der Waals surface area contributed by atoms with Crippen molar-refractivity contribution in [3.63, 3.8) is 0 Å². The van der Waals surface area contributed by atoms with Crippen LogP contribution in [0, 0.1) is 11.8 Å². The van der Waals surface area contributed by atoms with Crippen molar-refractivity contribution in [2.75, 3.05) is 38.8 Å². The Labute approximate surface area is 192 Å². The molecule has 33 heavy (non-hydrogen) atoms. The molecule has 5 aliphatic heterocycles. The van der Waals surface area contributed by atoms with Crippen LogP contribution in [0.1, 0.15) is 25.3 Å². The maximum atomic E-state index is 13.6. The Morgan fingerprint density at radius 2 is 1.97 bits per heavy atom. The molecule has 1 aliphatic carbocycles. The SMILES string of the molecule is COc1cc2c(cc1OC)[C@@]13CCN4CC5=CCO[C@H]6CC(=O)N2[C@H]1[C@H]6[C@H]5C(OC(C)=O)[C@H]43. The first-order valence-corrected chi connectivity index (χ1v) is 11.8. The van der Waals surface area contributed by atoms with Gasteiger partial charge < -0.3 is 23.8 Å². The van der Waals surface area contributed by atoms with Crippen molar-refractivity contribution in [2.45, 2.75) is 49.5 Å². The van der Waals surface area contributed by atoms with Gasteiger partial charge in [0.2, 0.25) is 5.91 Å². The van der Waals surface area contributed by atoms with Gasteiger partial charge in [-0.25, -0.2) is 0 Å². The van der Waals surface area contributed by atoms with E-state index in [1.165, 1.54) is 12.5 Å². The van der Waals surface area contributed by atoms with Crippen molar-refractivity contribution in [1.29, 1.82) is 0 Å². The summed E-state index contributed by atoms with van der Waals surface area (Å²) in [6, 6.07) is 3.99. The Morgan fingerprint density at radius 1 is 1.18 bits per heavy atom.